The van der Waals surface area contributed by atoms with Gasteiger partial charge in [0.1, 0.15) is 17.8 Å². The van der Waals surface area contributed by atoms with Crippen LogP contribution >= 0.6 is 0 Å². The van der Waals surface area contributed by atoms with E-state index >= 15 is 0 Å². The fourth-order valence-corrected chi connectivity index (χ4v) is 10.3. The molecule has 3 saturated carbocycles. The summed E-state index contributed by atoms with van der Waals surface area (Å²) in [6.45, 7) is 15.0. The largest absolute Gasteiger partial charge is 0.396 e. The van der Waals surface area contributed by atoms with Gasteiger partial charge in [0, 0.05) is 22.9 Å². The van der Waals surface area contributed by atoms with Gasteiger partial charge in [-0.25, -0.2) is 0 Å². The number of aliphatic hydroxyl groups is 3. The van der Waals surface area contributed by atoms with E-state index in [2.05, 4.69) is 40.7 Å². The van der Waals surface area contributed by atoms with Crippen molar-refractivity contribution in [2.75, 3.05) is 6.61 Å². The van der Waals surface area contributed by atoms with Gasteiger partial charge < -0.3 is 15.3 Å². The standard InChI is InChI=1S/C31H45NO4/c1-25(2)10-12-30(18-33)13-11-29(7)28(6)9-8-20-26(3,4)24(35)19(17-32)15-27(20,5)21(28)14-23(34)31(29,36)22(30)16-25/h14-15,20,22-23,33-34,36H,8-13,16,18H2,1-7H3/t20-,22?,23+,27-,28+,29-,30+,31+/m0/s1. The predicted octanol–water partition coefficient (Wildman–Crippen LogP) is 5.10. The second-order valence-electron chi connectivity index (χ2n) is 15.1. The van der Waals surface area contributed by atoms with E-state index in [0.717, 1.165) is 50.5 Å². The number of hydrogen-bond acceptors (Lipinski definition) is 5. The van der Waals surface area contributed by atoms with Crippen LogP contribution in [0.2, 0.25) is 0 Å². The van der Waals surface area contributed by atoms with Crippen LogP contribution in [0.4, 0.5) is 0 Å². The molecule has 0 bridgehead atoms. The van der Waals surface area contributed by atoms with Gasteiger partial charge in [0.15, 0.2) is 5.78 Å². The summed E-state index contributed by atoms with van der Waals surface area (Å²) in [7, 11) is 0. The van der Waals surface area contributed by atoms with Crippen LogP contribution in [0.15, 0.2) is 23.3 Å². The molecule has 0 radical (unpaired) electrons. The molecule has 0 aromatic heterocycles. The first-order valence-corrected chi connectivity index (χ1v) is 13.9. The number of Topliss-reactive ketones (excluding diaryl/α,β-unsaturated/α-hetero) is 1. The van der Waals surface area contributed by atoms with Crippen molar-refractivity contribution in [1.82, 2.24) is 0 Å². The van der Waals surface area contributed by atoms with Gasteiger partial charge in [-0.05, 0) is 73.0 Å². The van der Waals surface area contributed by atoms with Crippen molar-refractivity contribution >= 4 is 5.78 Å². The van der Waals surface area contributed by atoms with Crippen molar-refractivity contribution in [3.8, 4) is 6.07 Å². The van der Waals surface area contributed by atoms with Gasteiger partial charge in [0.05, 0.1) is 5.57 Å². The Balaban J connectivity index is 1.73. The zero-order chi connectivity index (χ0) is 26.7. The molecule has 5 aliphatic carbocycles. The maximum Gasteiger partial charge on any atom is 0.178 e. The molecule has 0 aromatic rings. The summed E-state index contributed by atoms with van der Waals surface area (Å²) >= 11 is 0. The topological polar surface area (TPSA) is 102 Å². The zero-order valence-electron chi connectivity index (χ0n) is 23.2. The molecule has 0 heterocycles. The third-order valence-electron chi connectivity index (χ3n) is 12.7. The molecule has 0 saturated heterocycles. The molecule has 3 N–H and O–H groups in total. The van der Waals surface area contributed by atoms with Crippen LogP contribution in [0.3, 0.4) is 0 Å². The zero-order valence-corrected chi connectivity index (χ0v) is 23.2. The Morgan fingerprint density at radius 2 is 1.64 bits per heavy atom. The number of carbonyl (C=O) groups is 1. The Kier molecular flexibility index (Phi) is 5.33. The molecule has 0 amide bonds. The van der Waals surface area contributed by atoms with E-state index in [4.69, 9.17) is 0 Å². The first kappa shape index (κ1) is 26.1. The Morgan fingerprint density at radius 3 is 2.25 bits per heavy atom. The van der Waals surface area contributed by atoms with E-state index in [0.29, 0.717) is 0 Å². The molecule has 5 aliphatic rings. The summed E-state index contributed by atoms with van der Waals surface area (Å²) in [5.74, 6) is -0.280. The van der Waals surface area contributed by atoms with Crippen LogP contribution in [0.1, 0.15) is 93.4 Å². The molecular formula is C31H45NO4. The van der Waals surface area contributed by atoms with Crippen molar-refractivity contribution in [2.45, 2.75) is 105 Å². The lowest BCUT2D eigenvalue weighted by Crippen LogP contribution is -2.75. The van der Waals surface area contributed by atoms with Crippen LogP contribution in [0.5, 0.6) is 0 Å². The second-order valence-corrected chi connectivity index (χ2v) is 15.1. The lowest BCUT2D eigenvalue weighted by molar-refractivity contribution is -0.291. The van der Waals surface area contributed by atoms with Gasteiger partial charge in [-0.3, -0.25) is 4.79 Å². The third kappa shape index (κ3) is 2.79. The fourth-order valence-electron chi connectivity index (χ4n) is 10.3. The summed E-state index contributed by atoms with van der Waals surface area (Å²) in [5, 5.41) is 45.3. The summed E-state index contributed by atoms with van der Waals surface area (Å²) in [5.41, 5.74) is -2.68. The van der Waals surface area contributed by atoms with Crippen molar-refractivity contribution in [3.63, 3.8) is 0 Å². The van der Waals surface area contributed by atoms with Gasteiger partial charge in [-0.2, -0.15) is 5.26 Å². The second kappa shape index (κ2) is 7.33. The number of aliphatic hydroxyl groups excluding tert-OH is 2. The van der Waals surface area contributed by atoms with Crippen molar-refractivity contribution in [3.05, 3.63) is 23.3 Å². The van der Waals surface area contributed by atoms with E-state index in [-0.39, 0.29) is 40.6 Å². The van der Waals surface area contributed by atoms with E-state index in [1.165, 1.54) is 0 Å². The number of allylic oxidation sites excluding steroid dienone is 3. The highest BCUT2D eigenvalue weighted by atomic mass is 16.3. The van der Waals surface area contributed by atoms with E-state index in [1.54, 1.807) is 0 Å². The summed E-state index contributed by atoms with van der Waals surface area (Å²) < 4.78 is 0. The Labute approximate surface area is 216 Å². The number of carbonyl (C=O) groups excluding carboxylic acids is 1. The van der Waals surface area contributed by atoms with Gasteiger partial charge in [0.2, 0.25) is 0 Å². The molecule has 0 aliphatic heterocycles. The molecule has 5 heteroatoms. The Bertz CT molecular complexity index is 1110. The van der Waals surface area contributed by atoms with Crippen molar-refractivity contribution < 1.29 is 20.1 Å². The minimum Gasteiger partial charge on any atom is -0.396 e. The van der Waals surface area contributed by atoms with Crippen LogP contribution < -0.4 is 0 Å². The smallest absolute Gasteiger partial charge is 0.178 e. The minimum atomic E-state index is -1.37. The molecule has 0 spiro atoms. The predicted molar refractivity (Wildman–Crippen MR) is 138 cm³/mol. The van der Waals surface area contributed by atoms with E-state index in [1.807, 2.05) is 26.0 Å². The molecule has 5 nitrogen and oxygen atoms in total. The van der Waals surface area contributed by atoms with Gasteiger partial charge in [-0.15, -0.1) is 0 Å². The molecule has 0 aromatic carbocycles. The summed E-state index contributed by atoms with van der Waals surface area (Å²) in [6, 6.07) is 2.16. The molecule has 198 valence electrons. The van der Waals surface area contributed by atoms with Crippen LogP contribution in [0.25, 0.3) is 0 Å². The molecular weight excluding hydrogens is 450 g/mol. The summed E-state index contributed by atoms with van der Waals surface area (Å²) in [6.07, 6.45) is 8.55. The molecule has 5 rings (SSSR count). The highest BCUT2D eigenvalue weighted by Crippen LogP contribution is 2.76. The first-order chi connectivity index (χ1) is 16.5. The number of nitriles is 1. The first-order valence-electron chi connectivity index (χ1n) is 13.9. The molecule has 3 fully saturated rings. The number of rotatable bonds is 1. The highest BCUT2D eigenvalue weighted by Gasteiger charge is 2.75. The van der Waals surface area contributed by atoms with Gasteiger partial charge >= 0.3 is 0 Å². The lowest BCUT2D eigenvalue weighted by Gasteiger charge is -2.73. The van der Waals surface area contributed by atoms with Crippen LogP contribution in [-0.4, -0.2) is 39.4 Å². The minimum absolute atomic E-state index is 0.0182. The fraction of sp³-hybridized carbons (Fsp3) is 0.806. The van der Waals surface area contributed by atoms with Crippen LogP contribution in [0, 0.1) is 55.7 Å². The maximum absolute atomic E-state index is 13.2. The average molecular weight is 496 g/mol. The highest BCUT2D eigenvalue weighted by molar-refractivity contribution is 6.04. The Morgan fingerprint density at radius 1 is 1.00 bits per heavy atom. The number of ketones is 1. The van der Waals surface area contributed by atoms with Gasteiger partial charge in [-0.1, -0.05) is 66.2 Å². The number of hydrogen-bond donors (Lipinski definition) is 3. The number of fused-ring (bicyclic) bond motifs is 7. The third-order valence-corrected chi connectivity index (χ3v) is 12.7. The monoisotopic (exact) mass is 495 g/mol. The molecule has 1 unspecified atom stereocenters. The van der Waals surface area contributed by atoms with Gasteiger partial charge in [0.25, 0.3) is 0 Å². The number of nitrogens with zero attached hydrogens (tertiary/aromatic N) is 1. The molecule has 8 atom stereocenters. The quantitative estimate of drug-likeness (QED) is 0.439. The normalized spacial score (nSPS) is 50.9. The SMILES string of the molecule is CC1(C)CC[C@]2(CO)CC[C@]3(C)[C@@](O)(C2C1)[C@H](O)C=C1[C@@]2(C)C=C(C#N)C(=O)C(C)(C)[C@@H]2CC[C@]13C. The average Bonchev–Trinajstić information content (AvgIpc) is 2.80. The molecule has 36 heavy (non-hydrogen) atoms. The Hall–Kier alpha value is -1.48. The lowest BCUT2D eigenvalue weighted by atomic mass is 9.32. The van der Waals surface area contributed by atoms with Crippen molar-refractivity contribution in [2.24, 2.45) is 44.3 Å². The van der Waals surface area contributed by atoms with Crippen LogP contribution in [-0.2, 0) is 4.79 Å². The summed E-state index contributed by atoms with van der Waals surface area (Å²) in [4.78, 5) is 13.2. The van der Waals surface area contributed by atoms with Crippen molar-refractivity contribution in [1.29, 1.82) is 5.26 Å². The maximum atomic E-state index is 13.2. The van der Waals surface area contributed by atoms with E-state index < -0.39 is 33.4 Å². The van der Waals surface area contributed by atoms with E-state index in [9.17, 15) is 25.4 Å².